The van der Waals surface area contributed by atoms with E-state index < -0.39 is 0 Å². The van der Waals surface area contributed by atoms with Crippen molar-refractivity contribution in [3.8, 4) is 5.75 Å². The molecule has 1 fully saturated rings. The van der Waals surface area contributed by atoms with Gasteiger partial charge in [-0.1, -0.05) is 18.2 Å². The van der Waals surface area contributed by atoms with Crippen LogP contribution < -0.4 is 10.5 Å². The summed E-state index contributed by atoms with van der Waals surface area (Å²) >= 11 is 0. The van der Waals surface area contributed by atoms with E-state index in [-0.39, 0.29) is 5.54 Å². The van der Waals surface area contributed by atoms with Crippen LogP contribution in [0.5, 0.6) is 5.75 Å². The highest BCUT2D eigenvalue weighted by Crippen LogP contribution is 2.38. The Labute approximate surface area is 90.4 Å². The fourth-order valence-corrected chi connectivity index (χ4v) is 2.66. The minimum absolute atomic E-state index is 0.0761. The summed E-state index contributed by atoms with van der Waals surface area (Å²) in [6.45, 7) is 0. The van der Waals surface area contributed by atoms with Crippen molar-refractivity contribution in [2.75, 3.05) is 0 Å². The monoisotopic (exact) mass is 203 g/mol. The second-order valence-corrected chi connectivity index (χ2v) is 4.97. The zero-order valence-electron chi connectivity index (χ0n) is 8.91. The van der Waals surface area contributed by atoms with E-state index in [0.29, 0.717) is 6.10 Å². The van der Waals surface area contributed by atoms with Gasteiger partial charge in [0.15, 0.2) is 0 Å². The van der Waals surface area contributed by atoms with Gasteiger partial charge in [0.1, 0.15) is 11.9 Å². The van der Waals surface area contributed by atoms with Gasteiger partial charge in [0.2, 0.25) is 0 Å². The molecule has 3 rings (SSSR count). The van der Waals surface area contributed by atoms with Crippen LogP contribution in [-0.4, -0.2) is 11.6 Å². The first kappa shape index (κ1) is 9.22. The molecule has 0 saturated heterocycles. The molecule has 1 atom stereocenters. The van der Waals surface area contributed by atoms with Gasteiger partial charge in [-0.3, -0.25) is 0 Å². The normalized spacial score (nSPS) is 26.6. The molecule has 1 saturated carbocycles. The third-order valence-corrected chi connectivity index (χ3v) is 3.70. The molecule has 1 heterocycles. The molecule has 0 radical (unpaired) electrons. The van der Waals surface area contributed by atoms with Crippen LogP contribution in [0.1, 0.15) is 31.2 Å². The quantitative estimate of drug-likeness (QED) is 0.800. The summed E-state index contributed by atoms with van der Waals surface area (Å²) < 4.78 is 5.90. The zero-order chi connectivity index (χ0) is 10.3. The Morgan fingerprint density at radius 1 is 1.33 bits per heavy atom. The number of benzene rings is 1. The fourth-order valence-electron chi connectivity index (χ4n) is 2.66. The largest absolute Gasteiger partial charge is 0.490 e. The minimum atomic E-state index is 0.0761. The van der Waals surface area contributed by atoms with Crippen LogP contribution in [0.25, 0.3) is 0 Å². The van der Waals surface area contributed by atoms with E-state index in [0.717, 1.165) is 18.6 Å². The summed E-state index contributed by atoms with van der Waals surface area (Å²) in [5.74, 6) is 1.06. The summed E-state index contributed by atoms with van der Waals surface area (Å²) in [7, 11) is 0. The highest BCUT2D eigenvalue weighted by Gasteiger charge is 2.37. The number of hydrogen-bond donors (Lipinski definition) is 1. The van der Waals surface area contributed by atoms with Gasteiger partial charge in [0.05, 0.1) is 0 Å². The van der Waals surface area contributed by atoms with E-state index in [1.807, 2.05) is 6.07 Å². The minimum Gasteiger partial charge on any atom is -0.490 e. The van der Waals surface area contributed by atoms with Crippen LogP contribution >= 0.6 is 0 Å². The van der Waals surface area contributed by atoms with Crippen molar-refractivity contribution in [3.05, 3.63) is 29.8 Å². The Morgan fingerprint density at radius 2 is 2.13 bits per heavy atom. The van der Waals surface area contributed by atoms with Crippen molar-refractivity contribution in [3.63, 3.8) is 0 Å². The van der Waals surface area contributed by atoms with Crippen LogP contribution in [0.15, 0.2) is 24.3 Å². The molecule has 2 nitrogen and oxygen atoms in total. The lowest BCUT2D eigenvalue weighted by molar-refractivity contribution is 0.132. The van der Waals surface area contributed by atoms with E-state index in [2.05, 4.69) is 18.2 Å². The van der Waals surface area contributed by atoms with Crippen molar-refractivity contribution in [1.29, 1.82) is 0 Å². The molecule has 0 spiro atoms. The van der Waals surface area contributed by atoms with Crippen molar-refractivity contribution >= 4 is 0 Å². The summed E-state index contributed by atoms with van der Waals surface area (Å²) in [5, 5.41) is 0. The summed E-state index contributed by atoms with van der Waals surface area (Å²) in [6, 6.07) is 8.31. The third kappa shape index (κ3) is 1.63. The van der Waals surface area contributed by atoms with Gasteiger partial charge in [0, 0.05) is 18.4 Å². The Hall–Kier alpha value is -1.02. The lowest BCUT2D eigenvalue weighted by Gasteiger charge is -2.39. The fraction of sp³-hybridized carbons (Fsp3) is 0.538. The zero-order valence-corrected chi connectivity index (χ0v) is 8.91. The van der Waals surface area contributed by atoms with Crippen molar-refractivity contribution in [1.82, 2.24) is 0 Å². The number of para-hydroxylation sites is 1. The van der Waals surface area contributed by atoms with Gasteiger partial charge in [-0.15, -0.1) is 0 Å². The molecule has 1 aliphatic heterocycles. The van der Waals surface area contributed by atoms with E-state index in [1.54, 1.807) is 0 Å². The molecular weight excluding hydrogens is 186 g/mol. The molecule has 0 aromatic heterocycles. The highest BCUT2D eigenvalue weighted by atomic mass is 16.5. The van der Waals surface area contributed by atoms with Crippen LogP contribution in [0.2, 0.25) is 0 Å². The molecule has 1 aromatic rings. The maximum atomic E-state index is 6.24. The van der Waals surface area contributed by atoms with Gasteiger partial charge in [-0.05, 0) is 30.9 Å². The number of ether oxygens (including phenoxy) is 1. The summed E-state index contributed by atoms with van der Waals surface area (Å²) in [6.07, 6.45) is 5.99. The van der Waals surface area contributed by atoms with Crippen molar-refractivity contribution < 1.29 is 4.74 Å². The van der Waals surface area contributed by atoms with Crippen molar-refractivity contribution in [2.24, 2.45) is 5.73 Å². The number of rotatable bonds is 2. The molecule has 1 unspecified atom stereocenters. The molecule has 0 amide bonds. The van der Waals surface area contributed by atoms with E-state index >= 15 is 0 Å². The maximum Gasteiger partial charge on any atom is 0.123 e. The first-order chi connectivity index (χ1) is 7.25. The van der Waals surface area contributed by atoms with Gasteiger partial charge in [-0.2, -0.15) is 0 Å². The molecule has 2 N–H and O–H groups in total. The highest BCUT2D eigenvalue weighted by molar-refractivity contribution is 5.37. The van der Waals surface area contributed by atoms with Gasteiger partial charge >= 0.3 is 0 Å². The maximum absolute atomic E-state index is 6.24. The summed E-state index contributed by atoms with van der Waals surface area (Å²) in [5.41, 5.74) is 7.65. The lowest BCUT2D eigenvalue weighted by Crippen LogP contribution is -2.49. The molecule has 80 valence electrons. The SMILES string of the molecule is NC1(CC2Cc3ccccc3O2)CCC1. The average Bonchev–Trinajstić information content (AvgIpc) is 2.57. The average molecular weight is 203 g/mol. The molecule has 2 heteroatoms. The molecule has 1 aliphatic carbocycles. The predicted octanol–water partition coefficient (Wildman–Crippen LogP) is 2.26. The van der Waals surface area contributed by atoms with Gasteiger partial charge in [-0.25, -0.2) is 0 Å². The Bertz CT molecular complexity index is 346. The Kier molecular flexibility index (Phi) is 1.99. The van der Waals surface area contributed by atoms with Crippen LogP contribution in [-0.2, 0) is 6.42 Å². The number of nitrogens with two attached hydrogens (primary N) is 1. The smallest absolute Gasteiger partial charge is 0.123 e. The van der Waals surface area contributed by atoms with E-state index in [4.69, 9.17) is 10.5 Å². The standard InChI is InChI=1S/C13H17NO/c14-13(6-3-7-13)9-11-8-10-4-1-2-5-12(10)15-11/h1-2,4-5,11H,3,6-9,14H2. The third-order valence-electron chi connectivity index (χ3n) is 3.70. The Morgan fingerprint density at radius 3 is 2.80 bits per heavy atom. The second-order valence-electron chi connectivity index (χ2n) is 4.97. The lowest BCUT2D eigenvalue weighted by atomic mass is 9.74. The van der Waals surface area contributed by atoms with Crippen LogP contribution in [0, 0.1) is 0 Å². The molecule has 0 bridgehead atoms. The second kappa shape index (κ2) is 3.24. The number of hydrogen-bond acceptors (Lipinski definition) is 2. The summed E-state index contributed by atoms with van der Waals surface area (Å²) in [4.78, 5) is 0. The topological polar surface area (TPSA) is 35.2 Å². The van der Waals surface area contributed by atoms with Crippen LogP contribution in [0.3, 0.4) is 0 Å². The first-order valence-electron chi connectivity index (χ1n) is 5.79. The van der Waals surface area contributed by atoms with Gasteiger partial charge in [0.25, 0.3) is 0 Å². The number of fused-ring (bicyclic) bond motifs is 1. The Balaban J connectivity index is 1.68. The van der Waals surface area contributed by atoms with E-state index in [1.165, 1.54) is 24.8 Å². The first-order valence-corrected chi connectivity index (χ1v) is 5.79. The molecule has 1 aromatic carbocycles. The van der Waals surface area contributed by atoms with E-state index in [9.17, 15) is 0 Å². The predicted molar refractivity (Wildman–Crippen MR) is 59.9 cm³/mol. The molecular formula is C13H17NO. The molecule has 15 heavy (non-hydrogen) atoms. The van der Waals surface area contributed by atoms with Crippen molar-refractivity contribution in [2.45, 2.75) is 43.7 Å². The van der Waals surface area contributed by atoms with Gasteiger partial charge < -0.3 is 10.5 Å². The van der Waals surface area contributed by atoms with Crippen LogP contribution in [0.4, 0.5) is 0 Å². The molecule has 2 aliphatic rings.